The van der Waals surface area contributed by atoms with E-state index in [1.165, 1.54) is 19.2 Å². The number of ether oxygens (including phenoxy) is 1. The molecule has 0 unspecified atom stereocenters. The molecule has 1 aliphatic heterocycles. The molecule has 0 saturated heterocycles. The lowest BCUT2D eigenvalue weighted by Crippen LogP contribution is -2.36. The standard InChI is InChI=1S/C19H25F2N5O4S/c1-12-16(10-25(24-12)17(20)21)31(28,29)26-7-5-6-14-15(26)8-13(9-22-14)23-18(27)30-11-19(2,3)4/h8-10,17H,5-7,11H2,1-4H3,(H,23,27). The third kappa shape index (κ3) is 5.12. The lowest BCUT2D eigenvalue weighted by molar-refractivity contribution is 0.0561. The van der Waals surface area contributed by atoms with Gasteiger partial charge in [0.15, 0.2) is 0 Å². The molecular formula is C19H25F2N5O4S. The van der Waals surface area contributed by atoms with Crippen molar-refractivity contribution in [1.82, 2.24) is 14.8 Å². The van der Waals surface area contributed by atoms with E-state index in [-0.39, 0.29) is 40.5 Å². The number of nitrogens with zero attached hydrogens (tertiary/aromatic N) is 4. The van der Waals surface area contributed by atoms with Crippen molar-refractivity contribution >= 4 is 27.5 Å². The van der Waals surface area contributed by atoms with Crippen LogP contribution in [-0.4, -0.2) is 42.4 Å². The van der Waals surface area contributed by atoms with Gasteiger partial charge in [0, 0.05) is 6.54 Å². The molecule has 9 nitrogen and oxygen atoms in total. The van der Waals surface area contributed by atoms with Crippen molar-refractivity contribution in [1.29, 1.82) is 0 Å². The summed E-state index contributed by atoms with van der Waals surface area (Å²) in [6.45, 7) is 4.51. The summed E-state index contributed by atoms with van der Waals surface area (Å²) < 4.78 is 59.0. The summed E-state index contributed by atoms with van der Waals surface area (Å²) in [7, 11) is -4.16. The number of carbonyl (C=O) groups excluding carboxylic acids is 1. The Morgan fingerprint density at radius 3 is 2.68 bits per heavy atom. The molecule has 3 heterocycles. The van der Waals surface area contributed by atoms with E-state index in [0.29, 0.717) is 23.2 Å². The van der Waals surface area contributed by atoms with E-state index in [4.69, 9.17) is 4.74 Å². The number of sulfonamides is 1. The molecule has 2 aromatic heterocycles. The van der Waals surface area contributed by atoms with Crippen molar-refractivity contribution in [2.45, 2.75) is 52.0 Å². The second-order valence-electron chi connectivity index (χ2n) is 8.47. The Morgan fingerprint density at radius 2 is 2.06 bits per heavy atom. The number of pyridine rings is 1. The molecule has 0 bridgehead atoms. The maximum atomic E-state index is 13.2. The van der Waals surface area contributed by atoms with E-state index < -0.39 is 22.7 Å². The highest BCUT2D eigenvalue weighted by atomic mass is 32.2. The number of anilines is 2. The maximum Gasteiger partial charge on any atom is 0.411 e. The van der Waals surface area contributed by atoms with Gasteiger partial charge in [-0.3, -0.25) is 14.6 Å². The summed E-state index contributed by atoms with van der Waals surface area (Å²) >= 11 is 0. The summed E-state index contributed by atoms with van der Waals surface area (Å²) in [5.74, 6) is 0. The Labute approximate surface area is 179 Å². The first-order valence-corrected chi connectivity index (χ1v) is 11.1. The van der Waals surface area contributed by atoms with Crippen LogP contribution in [0.3, 0.4) is 0 Å². The molecule has 0 atom stereocenters. The summed E-state index contributed by atoms with van der Waals surface area (Å²) in [6, 6.07) is 1.49. The van der Waals surface area contributed by atoms with Crippen LogP contribution in [-0.2, 0) is 21.2 Å². The van der Waals surface area contributed by atoms with Crippen LogP contribution in [0, 0.1) is 12.3 Å². The van der Waals surface area contributed by atoms with Gasteiger partial charge < -0.3 is 4.74 Å². The van der Waals surface area contributed by atoms with Gasteiger partial charge in [-0.15, -0.1) is 0 Å². The van der Waals surface area contributed by atoms with E-state index in [1.807, 2.05) is 20.8 Å². The number of rotatable bonds is 5. The number of hydrogen-bond acceptors (Lipinski definition) is 6. The van der Waals surface area contributed by atoms with Gasteiger partial charge in [-0.05, 0) is 31.2 Å². The van der Waals surface area contributed by atoms with Gasteiger partial charge in [0.05, 0.1) is 41.8 Å². The molecule has 2 aromatic rings. The minimum Gasteiger partial charge on any atom is -0.449 e. The average Bonchev–Trinajstić information content (AvgIpc) is 3.08. The summed E-state index contributed by atoms with van der Waals surface area (Å²) in [4.78, 5) is 16.0. The van der Waals surface area contributed by atoms with Crippen LogP contribution in [0.1, 0.15) is 45.1 Å². The second kappa shape index (κ2) is 8.40. The van der Waals surface area contributed by atoms with Crippen LogP contribution < -0.4 is 9.62 Å². The van der Waals surface area contributed by atoms with Gasteiger partial charge >= 0.3 is 12.6 Å². The summed E-state index contributed by atoms with van der Waals surface area (Å²) in [5, 5.41) is 6.14. The summed E-state index contributed by atoms with van der Waals surface area (Å²) in [5.41, 5.74) is 0.836. The number of hydrogen-bond donors (Lipinski definition) is 1. The Hall–Kier alpha value is -2.76. The first kappa shape index (κ1) is 22.9. The smallest absolute Gasteiger partial charge is 0.411 e. The number of aryl methyl sites for hydroxylation is 2. The number of aromatic nitrogens is 3. The first-order valence-electron chi connectivity index (χ1n) is 9.68. The molecule has 0 aliphatic carbocycles. The highest BCUT2D eigenvalue weighted by Gasteiger charge is 2.33. The molecule has 0 radical (unpaired) electrons. The number of amides is 1. The Kier molecular flexibility index (Phi) is 6.21. The van der Waals surface area contributed by atoms with Gasteiger partial charge in [0.25, 0.3) is 10.0 Å². The van der Waals surface area contributed by atoms with Crippen LogP contribution in [0.25, 0.3) is 0 Å². The van der Waals surface area contributed by atoms with E-state index in [0.717, 1.165) is 10.5 Å². The molecular weight excluding hydrogens is 432 g/mol. The predicted octanol–water partition coefficient (Wildman–Crippen LogP) is 3.72. The van der Waals surface area contributed by atoms with Crippen LogP contribution in [0.5, 0.6) is 0 Å². The van der Waals surface area contributed by atoms with Crippen LogP contribution in [0.2, 0.25) is 0 Å². The highest BCUT2D eigenvalue weighted by molar-refractivity contribution is 7.92. The van der Waals surface area contributed by atoms with E-state index in [1.54, 1.807) is 0 Å². The molecule has 0 aromatic carbocycles. The van der Waals surface area contributed by atoms with Crippen molar-refractivity contribution < 1.29 is 26.7 Å². The third-order valence-corrected chi connectivity index (χ3v) is 6.43. The SMILES string of the molecule is Cc1nn(C(F)F)cc1S(=O)(=O)N1CCCc2ncc(NC(=O)OCC(C)(C)C)cc21. The van der Waals surface area contributed by atoms with E-state index in [2.05, 4.69) is 15.4 Å². The van der Waals surface area contributed by atoms with E-state index >= 15 is 0 Å². The zero-order chi connectivity index (χ0) is 23.0. The third-order valence-electron chi connectivity index (χ3n) is 4.51. The number of fused-ring (bicyclic) bond motifs is 1. The molecule has 0 saturated carbocycles. The number of nitrogens with one attached hydrogen (secondary N) is 1. The Bertz CT molecular complexity index is 1080. The normalized spacial score (nSPS) is 14.5. The molecule has 31 heavy (non-hydrogen) atoms. The van der Waals surface area contributed by atoms with Crippen molar-refractivity contribution in [3.8, 4) is 0 Å². The molecule has 1 amide bonds. The largest absolute Gasteiger partial charge is 0.449 e. The molecule has 0 spiro atoms. The van der Waals surface area contributed by atoms with Crippen LogP contribution >= 0.6 is 0 Å². The van der Waals surface area contributed by atoms with E-state index in [9.17, 15) is 22.0 Å². The van der Waals surface area contributed by atoms with Crippen molar-refractivity contribution in [3.05, 3.63) is 29.8 Å². The van der Waals surface area contributed by atoms with Crippen molar-refractivity contribution in [2.24, 2.45) is 5.41 Å². The molecule has 0 fully saturated rings. The number of halogens is 2. The fourth-order valence-corrected chi connectivity index (χ4v) is 4.77. The fraction of sp³-hybridized carbons (Fsp3) is 0.526. The lowest BCUT2D eigenvalue weighted by atomic mass is 9.99. The topological polar surface area (TPSA) is 106 Å². The minimum absolute atomic E-state index is 0.0274. The minimum atomic E-state index is -4.16. The predicted molar refractivity (Wildman–Crippen MR) is 110 cm³/mol. The maximum absolute atomic E-state index is 13.2. The summed E-state index contributed by atoms with van der Waals surface area (Å²) in [6.07, 6.45) is 2.62. The van der Waals surface area contributed by atoms with Gasteiger partial charge in [-0.2, -0.15) is 13.9 Å². The monoisotopic (exact) mass is 457 g/mol. The Morgan fingerprint density at radius 1 is 1.35 bits per heavy atom. The number of alkyl halides is 2. The molecule has 170 valence electrons. The van der Waals surface area contributed by atoms with Gasteiger partial charge in [0.2, 0.25) is 0 Å². The molecule has 12 heteroatoms. The zero-order valence-corrected chi connectivity index (χ0v) is 18.5. The lowest BCUT2D eigenvalue weighted by Gasteiger charge is -2.30. The zero-order valence-electron chi connectivity index (χ0n) is 17.7. The van der Waals surface area contributed by atoms with Crippen LogP contribution in [0.15, 0.2) is 23.4 Å². The first-order chi connectivity index (χ1) is 14.4. The molecule has 1 N–H and O–H groups in total. The number of carbonyl (C=O) groups is 1. The molecule has 1 aliphatic rings. The van der Waals surface area contributed by atoms with Crippen molar-refractivity contribution in [3.63, 3.8) is 0 Å². The highest BCUT2D eigenvalue weighted by Crippen LogP contribution is 2.34. The van der Waals surface area contributed by atoms with Crippen molar-refractivity contribution in [2.75, 3.05) is 22.8 Å². The second-order valence-corrected chi connectivity index (χ2v) is 10.3. The van der Waals surface area contributed by atoms with Gasteiger partial charge in [-0.25, -0.2) is 17.9 Å². The van der Waals surface area contributed by atoms with Crippen LogP contribution in [0.4, 0.5) is 25.0 Å². The Balaban J connectivity index is 1.89. The average molecular weight is 458 g/mol. The van der Waals surface area contributed by atoms with Gasteiger partial charge in [-0.1, -0.05) is 20.8 Å². The molecule has 3 rings (SSSR count). The fourth-order valence-electron chi connectivity index (χ4n) is 3.09. The quantitative estimate of drug-likeness (QED) is 0.734. The van der Waals surface area contributed by atoms with Gasteiger partial charge in [0.1, 0.15) is 4.90 Å².